The van der Waals surface area contributed by atoms with Gasteiger partial charge in [0.25, 0.3) is 0 Å². The molecule has 0 amide bonds. The summed E-state index contributed by atoms with van der Waals surface area (Å²) in [4.78, 5) is 10.5. The number of rotatable bonds is 7. The van der Waals surface area contributed by atoms with E-state index in [-0.39, 0.29) is 12.5 Å². The van der Waals surface area contributed by atoms with Crippen LogP contribution in [0.25, 0.3) is 0 Å². The van der Waals surface area contributed by atoms with Crippen LogP contribution in [-0.4, -0.2) is 12.5 Å². The van der Waals surface area contributed by atoms with Crippen molar-refractivity contribution < 1.29 is 9.53 Å². The molecule has 0 aromatic rings. The average molecular weight is 185 g/mol. The summed E-state index contributed by atoms with van der Waals surface area (Å²) in [6.45, 7) is 2.12. The van der Waals surface area contributed by atoms with Gasteiger partial charge in [0.15, 0.2) is 0 Å². The lowest BCUT2D eigenvalue weighted by molar-refractivity contribution is -0.136. The minimum atomic E-state index is -0.384. The second-order valence-corrected chi connectivity index (χ2v) is 2.92. The first-order valence-electron chi connectivity index (χ1n) is 4.85. The van der Waals surface area contributed by atoms with E-state index in [1.54, 1.807) is 0 Å². The first kappa shape index (κ1) is 12.2. The molecule has 3 heteroatoms. The Morgan fingerprint density at radius 3 is 2.77 bits per heavy atom. The van der Waals surface area contributed by atoms with Crippen LogP contribution in [0, 0.1) is 0 Å². The predicted molar refractivity (Wildman–Crippen MR) is 53.0 cm³/mol. The lowest BCUT2D eigenvalue weighted by Crippen LogP contribution is -2.13. The van der Waals surface area contributed by atoms with Gasteiger partial charge in [-0.1, -0.05) is 26.2 Å². The van der Waals surface area contributed by atoms with Crippen LogP contribution < -0.4 is 5.73 Å². The van der Waals surface area contributed by atoms with Crippen molar-refractivity contribution >= 4 is 5.97 Å². The van der Waals surface area contributed by atoms with Crippen molar-refractivity contribution in [3.05, 3.63) is 12.3 Å². The Hall–Kier alpha value is -0.830. The third kappa shape index (κ3) is 9.08. The van der Waals surface area contributed by atoms with E-state index >= 15 is 0 Å². The second kappa shape index (κ2) is 9.26. The van der Waals surface area contributed by atoms with Gasteiger partial charge >= 0.3 is 5.97 Å². The van der Waals surface area contributed by atoms with Crippen LogP contribution in [-0.2, 0) is 9.53 Å². The predicted octanol–water partition coefficient (Wildman–Crippen LogP) is 1.97. The van der Waals surface area contributed by atoms with Crippen LogP contribution >= 0.6 is 0 Å². The first-order chi connectivity index (χ1) is 6.31. The van der Waals surface area contributed by atoms with Crippen molar-refractivity contribution in [3.8, 4) is 0 Å². The van der Waals surface area contributed by atoms with Crippen molar-refractivity contribution in [3.63, 3.8) is 0 Å². The smallest absolute Gasteiger partial charge is 0.324 e. The Morgan fingerprint density at radius 2 is 2.15 bits per heavy atom. The van der Waals surface area contributed by atoms with E-state index in [4.69, 9.17) is 5.73 Å². The Balaban J connectivity index is 3.17. The van der Waals surface area contributed by atoms with Crippen LogP contribution in [0.5, 0.6) is 0 Å². The van der Waals surface area contributed by atoms with Crippen molar-refractivity contribution in [2.75, 3.05) is 6.54 Å². The third-order valence-corrected chi connectivity index (χ3v) is 1.69. The number of carbonyl (C=O) groups is 1. The summed E-state index contributed by atoms with van der Waals surface area (Å²) in [6, 6.07) is 0. The highest BCUT2D eigenvalue weighted by molar-refractivity contribution is 5.71. The first-order valence-corrected chi connectivity index (χ1v) is 4.85. The number of unbranched alkanes of at least 4 members (excludes halogenated alkanes) is 4. The summed E-state index contributed by atoms with van der Waals surface area (Å²) in [7, 11) is 0. The Bertz CT molecular complexity index is 155. The maximum Gasteiger partial charge on any atom is 0.324 e. The van der Waals surface area contributed by atoms with E-state index in [9.17, 15) is 4.79 Å². The Morgan fingerprint density at radius 1 is 1.38 bits per heavy atom. The highest BCUT2D eigenvalue weighted by Crippen LogP contribution is 2.02. The van der Waals surface area contributed by atoms with Gasteiger partial charge in [0, 0.05) is 0 Å². The zero-order chi connectivity index (χ0) is 9.94. The standard InChI is InChI=1S/C10H19NO2/c1-2-3-4-5-6-7-8-13-10(12)9-11/h7-8H,2-6,9,11H2,1H3. The number of nitrogens with two attached hydrogens (primary N) is 1. The van der Waals surface area contributed by atoms with Crippen LogP contribution in [0.1, 0.15) is 39.0 Å². The van der Waals surface area contributed by atoms with Crippen LogP contribution in [0.3, 0.4) is 0 Å². The Kier molecular flexibility index (Phi) is 8.67. The number of ether oxygens (including phenoxy) is 1. The molecule has 3 nitrogen and oxygen atoms in total. The largest absolute Gasteiger partial charge is 0.434 e. The van der Waals surface area contributed by atoms with E-state index in [2.05, 4.69) is 11.7 Å². The molecule has 0 unspecified atom stereocenters. The van der Waals surface area contributed by atoms with Gasteiger partial charge in [-0.15, -0.1) is 0 Å². The summed E-state index contributed by atoms with van der Waals surface area (Å²) >= 11 is 0. The minimum Gasteiger partial charge on any atom is -0.434 e. The summed E-state index contributed by atoms with van der Waals surface area (Å²) in [6.07, 6.45) is 9.18. The van der Waals surface area contributed by atoms with E-state index in [1.807, 2.05) is 6.08 Å². The molecule has 0 heterocycles. The van der Waals surface area contributed by atoms with Crippen molar-refractivity contribution in [2.45, 2.75) is 39.0 Å². The summed E-state index contributed by atoms with van der Waals surface area (Å²) in [5.74, 6) is -0.384. The highest BCUT2D eigenvalue weighted by Gasteiger charge is 1.92. The molecule has 0 bridgehead atoms. The summed E-state index contributed by atoms with van der Waals surface area (Å²) in [5, 5.41) is 0. The highest BCUT2D eigenvalue weighted by atomic mass is 16.5. The number of esters is 1. The molecule has 0 atom stereocenters. The molecule has 0 saturated heterocycles. The van der Waals surface area contributed by atoms with Crippen LogP contribution in [0.15, 0.2) is 12.3 Å². The zero-order valence-corrected chi connectivity index (χ0v) is 8.29. The van der Waals surface area contributed by atoms with Crippen molar-refractivity contribution in [1.82, 2.24) is 0 Å². The maximum atomic E-state index is 10.5. The maximum absolute atomic E-state index is 10.5. The lowest BCUT2D eigenvalue weighted by Gasteiger charge is -1.95. The molecule has 76 valence electrons. The van der Waals surface area contributed by atoms with Gasteiger partial charge in [0.1, 0.15) is 0 Å². The van der Waals surface area contributed by atoms with E-state index in [1.165, 1.54) is 25.5 Å². The fraction of sp³-hybridized carbons (Fsp3) is 0.700. The molecule has 0 aliphatic heterocycles. The quantitative estimate of drug-likeness (QED) is 0.375. The molecule has 0 aromatic carbocycles. The third-order valence-electron chi connectivity index (χ3n) is 1.69. The van der Waals surface area contributed by atoms with Crippen molar-refractivity contribution in [1.29, 1.82) is 0 Å². The van der Waals surface area contributed by atoms with Gasteiger partial charge in [-0.05, 0) is 18.9 Å². The monoisotopic (exact) mass is 185 g/mol. The normalized spacial score (nSPS) is 10.6. The second-order valence-electron chi connectivity index (χ2n) is 2.92. The number of hydrogen-bond acceptors (Lipinski definition) is 3. The molecule has 0 fully saturated rings. The van der Waals surface area contributed by atoms with E-state index in [0.717, 1.165) is 12.8 Å². The van der Waals surface area contributed by atoms with E-state index < -0.39 is 0 Å². The molecular weight excluding hydrogens is 166 g/mol. The molecule has 0 aliphatic carbocycles. The topological polar surface area (TPSA) is 52.3 Å². The number of hydrogen-bond donors (Lipinski definition) is 1. The van der Waals surface area contributed by atoms with Gasteiger partial charge in [-0.25, -0.2) is 0 Å². The molecule has 0 aliphatic rings. The Labute approximate surface area is 79.9 Å². The molecule has 0 aromatic heterocycles. The molecule has 0 radical (unpaired) electrons. The van der Waals surface area contributed by atoms with Crippen LogP contribution in [0.2, 0.25) is 0 Å². The molecule has 0 saturated carbocycles. The van der Waals surface area contributed by atoms with Crippen molar-refractivity contribution in [2.24, 2.45) is 5.73 Å². The molecule has 0 spiro atoms. The van der Waals surface area contributed by atoms with Gasteiger partial charge in [-0.3, -0.25) is 4.79 Å². The van der Waals surface area contributed by atoms with Gasteiger partial charge in [0.05, 0.1) is 12.8 Å². The minimum absolute atomic E-state index is 0.0554. The van der Waals surface area contributed by atoms with E-state index in [0.29, 0.717) is 0 Å². The molecule has 0 rings (SSSR count). The number of allylic oxidation sites excluding steroid dienone is 1. The van der Waals surface area contributed by atoms with Gasteiger partial charge in [0.2, 0.25) is 0 Å². The number of carbonyl (C=O) groups excluding carboxylic acids is 1. The van der Waals surface area contributed by atoms with Crippen LogP contribution in [0.4, 0.5) is 0 Å². The molecule has 2 N–H and O–H groups in total. The lowest BCUT2D eigenvalue weighted by atomic mass is 10.1. The van der Waals surface area contributed by atoms with Gasteiger partial charge < -0.3 is 10.5 Å². The summed E-state index contributed by atoms with van der Waals surface area (Å²) < 4.78 is 4.65. The molecule has 13 heavy (non-hydrogen) atoms. The zero-order valence-electron chi connectivity index (χ0n) is 8.29. The van der Waals surface area contributed by atoms with Gasteiger partial charge in [-0.2, -0.15) is 0 Å². The molecular formula is C10H19NO2. The summed E-state index contributed by atoms with van der Waals surface area (Å²) in [5.41, 5.74) is 5.04. The fourth-order valence-electron chi connectivity index (χ4n) is 0.929. The fourth-order valence-corrected chi connectivity index (χ4v) is 0.929. The average Bonchev–Trinajstić information content (AvgIpc) is 2.16. The SMILES string of the molecule is CCCCCCC=COC(=O)CN.